The van der Waals surface area contributed by atoms with Gasteiger partial charge in [0.05, 0.1) is 23.5 Å². The number of carbonyl (C=O) groups is 2. The monoisotopic (exact) mass is 181 g/mol. The Kier molecular flexibility index (Phi) is 1.12. The first-order valence-corrected chi connectivity index (χ1v) is 4.64. The van der Waals surface area contributed by atoms with Crippen molar-refractivity contribution in [3.8, 4) is 0 Å². The van der Waals surface area contributed by atoms with Crippen molar-refractivity contribution in [1.82, 2.24) is 5.32 Å². The Hall–Kier alpha value is -0.900. The molecule has 13 heavy (non-hydrogen) atoms. The van der Waals surface area contributed by atoms with Gasteiger partial charge in [0.15, 0.2) is 0 Å². The van der Waals surface area contributed by atoms with Gasteiger partial charge in [0.2, 0.25) is 11.8 Å². The number of rotatable bonds is 0. The normalized spacial score (nSPS) is 52.5. The van der Waals surface area contributed by atoms with Crippen LogP contribution in [0.3, 0.4) is 0 Å². The van der Waals surface area contributed by atoms with Crippen LogP contribution in [-0.2, 0) is 14.3 Å². The molecule has 4 heteroatoms. The fraction of sp³-hybridized carbons (Fsp3) is 0.778. The largest absolute Gasteiger partial charge is 0.370 e. The number of ether oxygens (including phenoxy) is 1. The molecule has 3 saturated heterocycles. The zero-order valence-electron chi connectivity index (χ0n) is 7.37. The zero-order chi connectivity index (χ0) is 9.22. The summed E-state index contributed by atoms with van der Waals surface area (Å²) >= 11 is 0. The van der Waals surface area contributed by atoms with E-state index in [4.69, 9.17) is 4.74 Å². The molecule has 0 spiro atoms. The molecule has 2 amide bonds. The van der Waals surface area contributed by atoms with Crippen LogP contribution < -0.4 is 5.32 Å². The van der Waals surface area contributed by atoms with Gasteiger partial charge < -0.3 is 4.74 Å². The molecule has 0 aromatic rings. The van der Waals surface area contributed by atoms with Crippen molar-refractivity contribution in [3.63, 3.8) is 0 Å². The minimum atomic E-state index is -0.369. The summed E-state index contributed by atoms with van der Waals surface area (Å²) < 4.78 is 5.69. The maximum atomic E-state index is 11.4. The van der Waals surface area contributed by atoms with E-state index >= 15 is 0 Å². The molecule has 4 atom stereocenters. The van der Waals surface area contributed by atoms with Crippen LogP contribution in [0.5, 0.6) is 0 Å². The number of carbonyl (C=O) groups excluding carboxylic acids is 2. The molecule has 70 valence electrons. The van der Waals surface area contributed by atoms with Gasteiger partial charge in [-0.15, -0.1) is 0 Å². The Morgan fingerprint density at radius 1 is 1.46 bits per heavy atom. The van der Waals surface area contributed by atoms with Crippen molar-refractivity contribution in [3.05, 3.63) is 0 Å². The van der Waals surface area contributed by atoms with E-state index in [9.17, 15) is 9.59 Å². The van der Waals surface area contributed by atoms with Crippen LogP contribution in [0.4, 0.5) is 0 Å². The highest BCUT2D eigenvalue weighted by molar-refractivity contribution is 6.06. The fourth-order valence-corrected chi connectivity index (χ4v) is 3.01. The van der Waals surface area contributed by atoms with Gasteiger partial charge in [-0.1, -0.05) is 0 Å². The van der Waals surface area contributed by atoms with Crippen molar-refractivity contribution in [2.75, 3.05) is 0 Å². The van der Waals surface area contributed by atoms with Crippen LogP contribution in [0.15, 0.2) is 0 Å². The third kappa shape index (κ3) is 0.705. The van der Waals surface area contributed by atoms with Crippen molar-refractivity contribution in [2.24, 2.45) is 11.8 Å². The number of imide groups is 1. The van der Waals surface area contributed by atoms with Gasteiger partial charge in [-0.3, -0.25) is 14.9 Å². The first-order valence-electron chi connectivity index (χ1n) is 4.64. The second kappa shape index (κ2) is 1.95. The summed E-state index contributed by atoms with van der Waals surface area (Å²) in [4.78, 5) is 22.8. The minimum Gasteiger partial charge on any atom is -0.370 e. The van der Waals surface area contributed by atoms with Gasteiger partial charge in [-0.2, -0.15) is 0 Å². The summed E-state index contributed by atoms with van der Waals surface area (Å²) in [6.07, 6.45) is 1.80. The van der Waals surface area contributed by atoms with Gasteiger partial charge >= 0.3 is 0 Å². The Morgan fingerprint density at radius 2 is 2.23 bits per heavy atom. The quantitative estimate of drug-likeness (QED) is 0.528. The third-order valence-corrected chi connectivity index (χ3v) is 3.60. The molecule has 3 aliphatic heterocycles. The molecule has 0 aliphatic carbocycles. The molecule has 0 aromatic heterocycles. The summed E-state index contributed by atoms with van der Waals surface area (Å²) in [5.41, 5.74) is -0.369. The molecule has 3 fully saturated rings. The second-order valence-corrected chi connectivity index (χ2v) is 4.36. The number of nitrogens with one attached hydrogen (secondary N) is 1. The third-order valence-electron chi connectivity index (χ3n) is 3.60. The summed E-state index contributed by atoms with van der Waals surface area (Å²) in [5, 5.41) is 2.39. The SMILES string of the molecule is C[C@@]12CC[C@@H](O1)[C@H]1C(=O)NC(=O)[C@@H]12. The van der Waals surface area contributed by atoms with Gasteiger partial charge in [-0.25, -0.2) is 0 Å². The Bertz CT molecular complexity index is 314. The van der Waals surface area contributed by atoms with Crippen LogP contribution in [-0.4, -0.2) is 23.5 Å². The molecule has 0 aromatic carbocycles. The molecule has 0 radical (unpaired) electrons. The van der Waals surface area contributed by atoms with Crippen molar-refractivity contribution < 1.29 is 14.3 Å². The lowest BCUT2D eigenvalue weighted by Gasteiger charge is -2.25. The molecule has 3 aliphatic rings. The van der Waals surface area contributed by atoms with Gasteiger partial charge in [0.1, 0.15) is 0 Å². The molecule has 3 heterocycles. The number of fused-ring (bicyclic) bond motifs is 5. The zero-order valence-corrected chi connectivity index (χ0v) is 7.37. The molecule has 3 rings (SSSR count). The molecular formula is C9H11NO3. The molecule has 0 unspecified atom stereocenters. The highest BCUT2D eigenvalue weighted by Crippen LogP contribution is 2.52. The van der Waals surface area contributed by atoms with E-state index in [1.54, 1.807) is 0 Å². The van der Waals surface area contributed by atoms with Crippen LogP contribution in [0.25, 0.3) is 0 Å². The van der Waals surface area contributed by atoms with E-state index in [0.717, 1.165) is 12.8 Å². The van der Waals surface area contributed by atoms with Crippen LogP contribution in [0, 0.1) is 11.8 Å². The first-order chi connectivity index (χ1) is 6.12. The van der Waals surface area contributed by atoms with Crippen molar-refractivity contribution in [2.45, 2.75) is 31.5 Å². The lowest BCUT2D eigenvalue weighted by molar-refractivity contribution is -0.130. The van der Waals surface area contributed by atoms with Gasteiger partial charge in [0.25, 0.3) is 0 Å². The first kappa shape index (κ1) is 7.50. The van der Waals surface area contributed by atoms with Gasteiger partial charge in [0, 0.05) is 0 Å². The number of amides is 2. The van der Waals surface area contributed by atoms with Crippen LogP contribution in [0.2, 0.25) is 0 Å². The minimum absolute atomic E-state index is 0.0125. The summed E-state index contributed by atoms with van der Waals surface area (Å²) in [6.45, 7) is 1.94. The predicted octanol–water partition coefficient (Wildman–Crippen LogP) is -0.174. The average Bonchev–Trinajstić information content (AvgIpc) is 2.62. The topological polar surface area (TPSA) is 55.4 Å². The van der Waals surface area contributed by atoms with Crippen LogP contribution >= 0.6 is 0 Å². The molecule has 0 saturated carbocycles. The van der Waals surface area contributed by atoms with Crippen molar-refractivity contribution in [1.29, 1.82) is 0 Å². The summed E-state index contributed by atoms with van der Waals surface area (Å²) in [5.74, 6) is -0.701. The lowest BCUT2D eigenvalue weighted by Crippen LogP contribution is -2.38. The average molecular weight is 181 g/mol. The highest BCUT2D eigenvalue weighted by Gasteiger charge is 2.65. The maximum Gasteiger partial charge on any atom is 0.233 e. The second-order valence-electron chi connectivity index (χ2n) is 4.36. The molecule has 4 nitrogen and oxygen atoms in total. The standard InChI is InChI=1S/C9H11NO3/c1-9-3-2-4(13-9)5-6(9)8(12)10-7(5)11/h4-6H,2-3H2,1H3,(H,10,11,12)/t4-,5-,6-,9+/m1/s1. The Balaban J connectivity index is 2.08. The number of hydrogen-bond acceptors (Lipinski definition) is 3. The van der Waals surface area contributed by atoms with E-state index in [2.05, 4.69) is 5.32 Å². The predicted molar refractivity (Wildman–Crippen MR) is 42.6 cm³/mol. The van der Waals surface area contributed by atoms with Crippen LogP contribution in [0.1, 0.15) is 19.8 Å². The highest BCUT2D eigenvalue weighted by atomic mass is 16.5. The van der Waals surface area contributed by atoms with E-state index in [0.29, 0.717) is 0 Å². The maximum absolute atomic E-state index is 11.4. The van der Waals surface area contributed by atoms with Crippen molar-refractivity contribution >= 4 is 11.8 Å². The van der Waals surface area contributed by atoms with E-state index in [1.807, 2.05) is 6.92 Å². The molecular weight excluding hydrogens is 170 g/mol. The smallest absolute Gasteiger partial charge is 0.233 e. The van der Waals surface area contributed by atoms with E-state index < -0.39 is 0 Å². The van der Waals surface area contributed by atoms with E-state index in [-0.39, 0.29) is 35.4 Å². The Labute approximate surface area is 75.6 Å². The fourth-order valence-electron chi connectivity index (χ4n) is 3.01. The summed E-state index contributed by atoms with van der Waals surface area (Å²) in [6, 6.07) is 0. The lowest BCUT2D eigenvalue weighted by atomic mass is 9.74. The number of hydrogen-bond donors (Lipinski definition) is 1. The molecule has 1 N–H and O–H groups in total. The molecule has 2 bridgehead atoms. The Morgan fingerprint density at radius 3 is 2.92 bits per heavy atom. The van der Waals surface area contributed by atoms with Gasteiger partial charge in [-0.05, 0) is 19.8 Å². The van der Waals surface area contributed by atoms with E-state index in [1.165, 1.54) is 0 Å². The summed E-state index contributed by atoms with van der Waals surface area (Å²) in [7, 11) is 0.